The number of imide groups is 1. The van der Waals surface area contributed by atoms with E-state index in [1.54, 1.807) is 4.90 Å². The van der Waals surface area contributed by atoms with Gasteiger partial charge in [0.05, 0.1) is 0 Å². The summed E-state index contributed by atoms with van der Waals surface area (Å²) in [6.07, 6.45) is -0.0612. The van der Waals surface area contributed by atoms with Crippen LogP contribution in [0.15, 0.2) is 18.2 Å². The SMILES string of the molecule is CC(C)(C)OC(=O)N1Cc2ccc(N3CCC(=O)NC3=O)cc2C1. The number of fused-ring (bicyclic) bond motifs is 1. The number of hydrogen-bond donors (Lipinski definition) is 1. The maximum Gasteiger partial charge on any atom is 0.410 e. The van der Waals surface area contributed by atoms with Crippen molar-refractivity contribution in [2.75, 3.05) is 11.4 Å². The molecule has 2 heterocycles. The minimum Gasteiger partial charge on any atom is -0.444 e. The molecule has 4 amide bonds. The number of carbonyl (C=O) groups excluding carboxylic acids is 3. The zero-order valence-corrected chi connectivity index (χ0v) is 14.1. The van der Waals surface area contributed by atoms with Crippen LogP contribution in [0.5, 0.6) is 0 Å². The summed E-state index contributed by atoms with van der Waals surface area (Å²) < 4.78 is 5.40. The third-order valence-corrected chi connectivity index (χ3v) is 3.93. The fourth-order valence-electron chi connectivity index (χ4n) is 2.81. The number of urea groups is 1. The lowest BCUT2D eigenvalue weighted by Gasteiger charge is -2.26. The van der Waals surface area contributed by atoms with Gasteiger partial charge < -0.3 is 4.74 Å². The average molecular weight is 331 g/mol. The van der Waals surface area contributed by atoms with Crippen molar-refractivity contribution in [1.29, 1.82) is 0 Å². The van der Waals surface area contributed by atoms with Gasteiger partial charge in [-0.2, -0.15) is 0 Å². The molecule has 1 N–H and O–H groups in total. The third kappa shape index (κ3) is 3.34. The molecule has 128 valence electrons. The second-order valence-electron chi connectivity index (χ2n) is 7.04. The van der Waals surface area contributed by atoms with Crippen molar-refractivity contribution in [2.24, 2.45) is 0 Å². The highest BCUT2D eigenvalue weighted by Gasteiger charge is 2.29. The number of benzene rings is 1. The van der Waals surface area contributed by atoms with Crippen LogP contribution in [-0.4, -0.2) is 35.1 Å². The minimum absolute atomic E-state index is 0.256. The molecule has 0 unspecified atom stereocenters. The zero-order chi connectivity index (χ0) is 17.5. The molecule has 2 aliphatic heterocycles. The normalized spacial score (nSPS) is 17.6. The molecule has 0 aromatic heterocycles. The van der Waals surface area contributed by atoms with Crippen molar-refractivity contribution in [3.8, 4) is 0 Å². The van der Waals surface area contributed by atoms with Gasteiger partial charge in [0.25, 0.3) is 0 Å². The highest BCUT2D eigenvalue weighted by atomic mass is 16.6. The summed E-state index contributed by atoms with van der Waals surface area (Å²) in [5, 5.41) is 2.31. The van der Waals surface area contributed by atoms with Crippen LogP contribution in [0, 0.1) is 0 Å². The first-order valence-electron chi connectivity index (χ1n) is 7.94. The minimum atomic E-state index is -0.532. The van der Waals surface area contributed by atoms with Crippen molar-refractivity contribution in [3.05, 3.63) is 29.3 Å². The second-order valence-corrected chi connectivity index (χ2v) is 7.04. The van der Waals surface area contributed by atoms with Gasteiger partial charge >= 0.3 is 12.1 Å². The van der Waals surface area contributed by atoms with E-state index in [-0.39, 0.29) is 18.4 Å². The summed E-state index contributed by atoms with van der Waals surface area (Å²) in [4.78, 5) is 38.6. The van der Waals surface area contributed by atoms with Gasteiger partial charge in [-0.25, -0.2) is 9.59 Å². The molecule has 0 aliphatic carbocycles. The molecule has 0 saturated carbocycles. The van der Waals surface area contributed by atoms with Crippen LogP contribution in [0.2, 0.25) is 0 Å². The molecule has 3 rings (SSSR count). The van der Waals surface area contributed by atoms with E-state index in [1.165, 1.54) is 4.90 Å². The van der Waals surface area contributed by atoms with Crippen LogP contribution < -0.4 is 10.2 Å². The van der Waals surface area contributed by atoms with Gasteiger partial charge in [0.15, 0.2) is 0 Å². The monoisotopic (exact) mass is 331 g/mol. The lowest BCUT2D eigenvalue weighted by molar-refractivity contribution is -0.120. The predicted molar refractivity (Wildman–Crippen MR) is 87.4 cm³/mol. The summed E-state index contributed by atoms with van der Waals surface area (Å²) in [5.74, 6) is -0.256. The summed E-state index contributed by atoms with van der Waals surface area (Å²) in [6.45, 7) is 6.81. The van der Waals surface area contributed by atoms with Gasteiger partial charge in [0.2, 0.25) is 5.91 Å². The number of hydrogen-bond acceptors (Lipinski definition) is 4. The van der Waals surface area contributed by atoms with Crippen molar-refractivity contribution in [2.45, 2.75) is 45.9 Å². The molecule has 7 heteroatoms. The number of rotatable bonds is 1. The van der Waals surface area contributed by atoms with Crippen LogP contribution in [0.4, 0.5) is 15.3 Å². The summed E-state index contributed by atoms with van der Waals surface area (Å²) in [6, 6.07) is 5.24. The largest absolute Gasteiger partial charge is 0.444 e. The highest BCUT2D eigenvalue weighted by Crippen LogP contribution is 2.29. The smallest absolute Gasteiger partial charge is 0.410 e. The third-order valence-electron chi connectivity index (χ3n) is 3.93. The van der Waals surface area contributed by atoms with Gasteiger partial charge in [-0.15, -0.1) is 0 Å². The van der Waals surface area contributed by atoms with E-state index in [0.717, 1.165) is 16.8 Å². The zero-order valence-electron chi connectivity index (χ0n) is 14.1. The Hall–Kier alpha value is -2.57. The average Bonchev–Trinajstić information content (AvgIpc) is 2.88. The Morgan fingerprint density at radius 2 is 1.88 bits per heavy atom. The van der Waals surface area contributed by atoms with Crippen LogP contribution in [0.3, 0.4) is 0 Å². The van der Waals surface area contributed by atoms with Crippen molar-refractivity contribution in [3.63, 3.8) is 0 Å². The van der Waals surface area contributed by atoms with Crippen molar-refractivity contribution in [1.82, 2.24) is 10.2 Å². The van der Waals surface area contributed by atoms with Gasteiger partial charge in [-0.1, -0.05) is 6.07 Å². The number of amides is 4. The van der Waals surface area contributed by atoms with Crippen LogP contribution in [0.25, 0.3) is 0 Å². The van der Waals surface area contributed by atoms with Gasteiger partial charge in [-0.3, -0.25) is 19.9 Å². The first kappa shape index (κ1) is 16.3. The summed E-state index contributed by atoms with van der Waals surface area (Å²) in [5.41, 5.74) is 2.22. The summed E-state index contributed by atoms with van der Waals surface area (Å²) in [7, 11) is 0. The topological polar surface area (TPSA) is 79.0 Å². The van der Waals surface area contributed by atoms with Crippen molar-refractivity contribution >= 4 is 23.7 Å². The van der Waals surface area contributed by atoms with E-state index in [4.69, 9.17) is 4.74 Å². The number of ether oxygens (including phenoxy) is 1. The highest BCUT2D eigenvalue weighted by molar-refractivity contribution is 6.05. The van der Waals surface area contributed by atoms with E-state index in [2.05, 4.69) is 5.32 Å². The molecular weight excluding hydrogens is 310 g/mol. The maximum absolute atomic E-state index is 12.2. The Kier molecular flexibility index (Phi) is 3.95. The van der Waals surface area contributed by atoms with Gasteiger partial charge in [0.1, 0.15) is 5.60 Å². The quantitative estimate of drug-likeness (QED) is 0.857. The fourth-order valence-corrected chi connectivity index (χ4v) is 2.81. The van der Waals surface area contributed by atoms with Crippen LogP contribution >= 0.6 is 0 Å². The maximum atomic E-state index is 12.2. The van der Waals surface area contributed by atoms with Gasteiger partial charge in [0, 0.05) is 31.7 Å². The molecule has 7 nitrogen and oxygen atoms in total. The molecule has 1 aromatic carbocycles. The van der Waals surface area contributed by atoms with E-state index >= 15 is 0 Å². The van der Waals surface area contributed by atoms with Crippen molar-refractivity contribution < 1.29 is 19.1 Å². The van der Waals surface area contributed by atoms with Crippen LogP contribution in [-0.2, 0) is 22.6 Å². The number of nitrogens with one attached hydrogen (secondary N) is 1. The van der Waals surface area contributed by atoms with Crippen LogP contribution in [0.1, 0.15) is 38.3 Å². The Labute approximate surface area is 140 Å². The predicted octanol–water partition coefficient (Wildman–Crippen LogP) is 2.38. The molecule has 0 radical (unpaired) electrons. The molecule has 0 bridgehead atoms. The Bertz CT molecular complexity index is 708. The van der Waals surface area contributed by atoms with E-state index < -0.39 is 11.6 Å². The molecule has 1 saturated heterocycles. The molecule has 0 atom stereocenters. The Balaban J connectivity index is 1.73. The lowest BCUT2D eigenvalue weighted by atomic mass is 10.1. The first-order chi connectivity index (χ1) is 11.2. The molecule has 1 fully saturated rings. The second kappa shape index (κ2) is 5.81. The molecule has 1 aromatic rings. The molecule has 0 spiro atoms. The Morgan fingerprint density at radius 1 is 1.17 bits per heavy atom. The van der Waals surface area contributed by atoms with E-state index in [0.29, 0.717) is 19.6 Å². The number of anilines is 1. The van der Waals surface area contributed by atoms with E-state index in [1.807, 2.05) is 39.0 Å². The standard InChI is InChI=1S/C17H21N3O4/c1-17(2,3)24-16(23)19-9-11-4-5-13(8-12(11)10-19)20-7-6-14(21)18-15(20)22/h4-5,8H,6-7,9-10H2,1-3H3,(H,18,21,22). The summed E-state index contributed by atoms with van der Waals surface area (Å²) >= 11 is 0. The Morgan fingerprint density at radius 3 is 2.54 bits per heavy atom. The number of carbonyl (C=O) groups is 3. The van der Waals surface area contributed by atoms with Gasteiger partial charge in [-0.05, 0) is 44.0 Å². The number of nitrogens with zero attached hydrogens (tertiary/aromatic N) is 2. The lowest BCUT2D eigenvalue weighted by Crippen LogP contribution is -2.49. The fraction of sp³-hybridized carbons (Fsp3) is 0.471. The molecule has 24 heavy (non-hydrogen) atoms. The molecular formula is C17H21N3O4. The molecule has 2 aliphatic rings. The van der Waals surface area contributed by atoms with E-state index in [9.17, 15) is 14.4 Å². The first-order valence-corrected chi connectivity index (χ1v) is 7.94.